The van der Waals surface area contributed by atoms with Gasteiger partial charge in [0, 0.05) is 8.95 Å². The van der Waals surface area contributed by atoms with Crippen LogP contribution in [-0.4, -0.2) is 36.6 Å². The van der Waals surface area contributed by atoms with Crippen molar-refractivity contribution < 1.29 is 19.1 Å². The number of nitrogens with one attached hydrogen (secondary N) is 1. The van der Waals surface area contributed by atoms with Crippen molar-refractivity contribution in [3.8, 4) is 0 Å². The van der Waals surface area contributed by atoms with Gasteiger partial charge in [-0.2, -0.15) is 5.10 Å². The summed E-state index contributed by atoms with van der Waals surface area (Å²) in [5.74, 6) is -2.65. The largest absolute Gasteiger partial charge is 0.464 e. The van der Waals surface area contributed by atoms with Gasteiger partial charge >= 0.3 is 5.97 Å². The molecule has 0 radical (unpaired) electrons. The van der Waals surface area contributed by atoms with E-state index >= 15 is 0 Å². The van der Waals surface area contributed by atoms with Gasteiger partial charge in [-0.15, -0.1) is 0 Å². The number of esters is 1. The summed E-state index contributed by atoms with van der Waals surface area (Å²) in [5.41, 5.74) is 2.88. The number of fused-ring (bicyclic) bond motifs is 1. The van der Waals surface area contributed by atoms with E-state index in [1.54, 1.807) is 18.2 Å². The zero-order chi connectivity index (χ0) is 16.0. The van der Waals surface area contributed by atoms with Gasteiger partial charge in [-0.1, -0.05) is 15.9 Å². The van der Waals surface area contributed by atoms with Crippen LogP contribution in [0.2, 0.25) is 0 Å². The highest BCUT2D eigenvalue weighted by atomic mass is 79.9. The predicted molar refractivity (Wildman–Crippen MR) is 84.2 cm³/mol. The van der Waals surface area contributed by atoms with Gasteiger partial charge in [0.1, 0.15) is 12.0 Å². The number of hydrazone groups is 1. The van der Waals surface area contributed by atoms with Crippen molar-refractivity contribution in [2.75, 3.05) is 12.0 Å². The van der Waals surface area contributed by atoms with Crippen LogP contribution >= 0.6 is 31.9 Å². The van der Waals surface area contributed by atoms with E-state index in [9.17, 15) is 14.4 Å². The molecule has 2 atom stereocenters. The van der Waals surface area contributed by atoms with E-state index in [1.807, 2.05) is 0 Å². The number of rotatable bonds is 2. The first-order valence-corrected chi connectivity index (χ1v) is 7.78. The number of carbonyl (C=O) groups excluding carboxylic acids is 3. The molecule has 3 rings (SSSR count). The summed E-state index contributed by atoms with van der Waals surface area (Å²) in [6, 6.07) is 4.21. The van der Waals surface area contributed by atoms with Crippen molar-refractivity contribution in [2.45, 2.75) is 6.04 Å². The van der Waals surface area contributed by atoms with Gasteiger partial charge in [-0.25, -0.2) is 9.69 Å². The molecule has 2 heterocycles. The van der Waals surface area contributed by atoms with Crippen molar-refractivity contribution in [3.63, 3.8) is 0 Å². The summed E-state index contributed by atoms with van der Waals surface area (Å²) in [4.78, 5) is 37.8. The van der Waals surface area contributed by atoms with Crippen molar-refractivity contribution in [2.24, 2.45) is 11.0 Å². The summed E-state index contributed by atoms with van der Waals surface area (Å²) in [6.45, 7) is 0. The van der Waals surface area contributed by atoms with Crippen molar-refractivity contribution in [3.05, 3.63) is 27.1 Å². The molecule has 0 aromatic heterocycles. The molecule has 0 aliphatic carbocycles. The number of ether oxygens (including phenoxy) is 1. The minimum absolute atomic E-state index is 0.0819. The minimum atomic E-state index is -0.963. The number of hydrogen-bond acceptors (Lipinski definition) is 6. The summed E-state index contributed by atoms with van der Waals surface area (Å²) in [5, 5.41) is 3.76. The second kappa shape index (κ2) is 5.47. The number of carbonyl (C=O) groups is 3. The van der Waals surface area contributed by atoms with Gasteiger partial charge < -0.3 is 4.74 Å². The summed E-state index contributed by atoms with van der Waals surface area (Å²) in [7, 11) is 1.20. The van der Waals surface area contributed by atoms with E-state index in [0.29, 0.717) is 10.2 Å². The summed E-state index contributed by atoms with van der Waals surface area (Å²) >= 11 is 6.64. The predicted octanol–water partition coefficient (Wildman–Crippen LogP) is 1.20. The first-order chi connectivity index (χ1) is 10.5. The van der Waals surface area contributed by atoms with Crippen LogP contribution in [0.25, 0.3) is 0 Å². The van der Waals surface area contributed by atoms with Gasteiger partial charge in [0.25, 0.3) is 5.91 Å². The second-order valence-corrected chi connectivity index (χ2v) is 6.45. The quantitative estimate of drug-likeness (QED) is 0.562. The van der Waals surface area contributed by atoms with Gasteiger partial charge in [0.05, 0.1) is 12.8 Å². The zero-order valence-electron chi connectivity index (χ0n) is 11.2. The van der Waals surface area contributed by atoms with Gasteiger partial charge in [-0.05, 0) is 34.1 Å². The molecule has 0 unspecified atom stereocenters. The number of amides is 2. The SMILES string of the molecule is COC(=O)C1=NN[C@H]2C(=O)N(c3ccc(Br)cc3Br)C(=O)[C@@H]12. The third-order valence-electron chi connectivity index (χ3n) is 3.47. The highest BCUT2D eigenvalue weighted by Gasteiger charge is 2.56. The minimum Gasteiger partial charge on any atom is -0.464 e. The van der Waals surface area contributed by atoms with Gasteiger partial charge in [0.2, 0.25) is 5.91 Å². The van der Waals surface area contributed by atoms with Crippen molar-refractivity contribution in [1.29, 1.82) is 0 Å². The third-order valence-corrected chi connectivity index (χ3v) is 4.60. The van der Waals surface area contributed by atoms with Crippen molar-refractivity contribution in [1.82, 2.24) is 5.43 Å². The number of nitrogens with zero attached hydrogens (tertiary/aromatic N) is 2. The maximum atomic E-state index is 12.6. The Morgan fingerprint density at radius 3 is 2.68 bits per heavy atom. The number of anilines is 1. The maximum absolute atomic E-state index is 12.6. The Morgan fingerprint density at radius 2 is 2.05 bits per heavy atom. The Labute approximate surface area is 141 Å². The molecular weight excluding hydrogens is 422 g/mol. The van der Waals surface area contributed by atoms with Gasteiger partial charge in [0.15, 0.2) is 5.71 Å². The lowest BCUT2D eigenvalue weighted by atomic mass is 9.99. The fourth-order valence-electron chi connectivity index (χ4n) is 2.46. The fraction of sp³-hybridized carbons (Fsp3) is 0.231. The standard InChI is InChI=1S/C13H9Br2N3O4/c1-22-13(21)10-8-9(16-17-10)12(20)18(11(8)19)7-3-2-5(14)4-6(7)15/h2-4,8-9,16H,1H3/t8-,9-/m1/s1. The number of imide groups is 1. The van der Waals surface area contributed by atoms with Crippen molar-refractivity contribution >= 4 is 61.0 Å². The molecule has 9 heteroatoms. The average molecular weight is 431 g/mol. The number of halogens is 2. The lowest BCUT2D eigenvalue weighted by molar-refractivity contribution is -0.133. The average Bonchev–Trinajstić information content (AvgIpc) is 3.01. The van der Waals surface area contributed by atoms with E-state index in [4.69, 9.17) is 0 Å². The van der Waals surface area contributed by atoms with Crippen LogP contribution in [0.5, 0.6) is 0 Å². The fourth-order valence-corrected chi connectivity index (χ4v) is 3.69. The van der Waals surface area contributed by atoms with E-state index in [-0.39, 0.29) is 5.71 Å². The topological polar surface area (TPSA) is 88.1 Å². The van der Waals surface area contributed by atoms with Crippen LogP contribution in [0.3, 0.4) is 0 Å². The maximum Gasteiger partial charge on any atom is 0.355 e. The highest BCUT2D eigenvalue weighted by Crippen LogP contribution is 2.36. The Hall–Kier alpha value is -1.74. The molecule has 1 aromatic rings. The Kier molecular flexibility index (Phi) is 3.77. The summed E-state index contributed by atoms with van der Waals surface area (Å²) < 4.78 is 5.99. The Morgan fingerprint density at radius 1 is 1.32 bits per heavy atom. The third kappa shape index (κ3) is 2.15. The molecule has 22 heavy (non-hydrogen) atoms. The lowest BCUT2D eigenvalue weighted by Gasteiger charge is -2.17. The molecule has 1 fully saturated rings. The Balaban J connectivity index is 2.00. The Bertz CT molecular complexity index is 734. The normalized spacial score (nSPS) is 23.2. The van der Waals surface area contributed by atoms with Gasteiger partial charge in [-0.3, -0.25) is 15.0 Å². The molecule has 1 N–H and O–H groups in total. The molecule has 7 nitrogen and oxygen atoms in total. The first-order valence-electron chi connectivity index (χ1n) is 6.20. The van der Waals surface area contributed by atoms with E-state index in [2.05, 4.69) is 47.1 Å². The molecule has 0 saturated carbocycles. The second-order valence-electron chi connectivity index (χ2n) is 4.68. The van der Waals surface area contributed by atoms with Crippen LogP contribution < -0.4 is 10.3 Å². The zero-order valence-corrected chi connectivity index (χ0v) is 14.3. The monoisotopic (exact) mass is 429 g/mol. The molecule has 0 spiro atoms. The van der Waals surface area contributed by atoms with Crippen LogP contribution in [0.4, 0.5) is 5.69 Å². The molecule has 0 bridgehead atoms. The summed E-state index contributed by atoms with van der Waals surface area (Å²) in [6.07, 6.45) is 0. The molecule has 2 aliphatic rings. The lowest BCUT2D eigenvalue weighted by Crippen LogP contribution is -2.36. The van der Waals surface area contributed by atoms with E-state index < -0.39 is 29.7 Å². The molecule has 1 aromatic carbocycles. The number of hydrogen-bond donors (Lipinski definition) is 1. The highest BCUT2D eigenvalue weighted by molar-refractivity contribution is 9.11. The van der Waals surface area contributed by atoms with Crippen LogP contribution in [-0.2, 0) is 19.1 Å². The molecule has 2 aliphatic heterocycles. The number of benzene rings is 1. The van der Waals surface area contributed by atoms with Crippen LogP contribution in [0, 0.1) is 5.92 Å². The molecule has 2 amide bonds. The molecule has 114 valence electrons. The first kappa shape index (κ1) is 15.2. The molecule has 1 saturated heterocycles. The van der Waals surface area contributed by atoms with E-state index in [1.165, 1.54) is 7.11 Å². The molecular formula is C13H9Br2N3O4. The van der Waals surface area contributed by atoms with Crippen LogP contribution in [0.15, 0.2) is 32.2 Å². The number of methoxy groups -OCH3 is 1. The van der Waals surface area contributed by atoms with E-state index in [0.717, 1.165) is 9.37 Å². The smallest absolute Gasteiger partial charge is 0.355 e. The van der Waals surface area contributed by atoms with Crippen LogP contribution in [0.1, 0.15) is 0 Å².